The predicted octanol–water partition coefficient (Wildman–Crippen LogP) is 3.31. The third kappa shape index (κ3) is 2.38. The monoisotopic (exact) mass is 252 g/mol. The zero-order chi connectivity index (χ0) is 13.1. The highest BCUT2D eigenvalue weighted by Crippen LogP contribution is 2.27. The maximum absolute atomic E-state index is 13.7. The zero-order valence-corrected chi connectivity index (χ0v) is 9.46. The van der Waals surface area contributed by atoms with E-state index in [4.69, 9.17) is 5.11 Å². The third-order valence-corrected chi connectivity index (χ3v) is 2.67. The van der Waals surface area contributed by atoms with Gasteiger partial charge in [0.1, 0.15) is 5.82 Å². The summed E-state index contributed by atoms with van der Waals surface area (Å²) in [5, 5.41) is 8.82. The molecule has 94 valence electrons. The highest BCUT2D eigenvalue weighted by atomic mass is 19.2. The van der Waals surface area contributed by atoms with Crippen molar-refractivity contribution in [1.82, 2.24) is 0 Å². The first kappa shape index (κ1) is 12.6. The number of hydrogen-bond donors (Lipinski definition) is 1. The quantitative estimate of drug-likeness (QED) is 0.888. The molecule has 0 unspecified atom stereocenters. The van der Waals surface area contributed by atoms with Crippen molar-refractivity contribution in [2.75, 3.05) is 6.61 Å². The van der Waals surface area contributed by atoms with Crippen LogP contribution in [0.15, 0.2) is 36.4 Å². The fourth-order valence-electron chi connectivity index (χ4n) is 1.78. The SMILES string of the molecule is OCCc1ccc(F)c(-c2cccc(F)c2F)c1. The van der Waals surface area contributed by atoms with Gasteiger partial charge >= 0.3 is 0 Å². The van der Waals surface area contributed by atoms with Crippen LogP contribution in [-0.4, -0.2) is 11.7 Å². The molecule has 0 aliphatic carbocycles. The smallest absolute Gasteiger partial charge is 0.166 e. The van der Waals surface area contributed by atoms with Crippen LogP contribution in [0.25, 0.3) is 11.1 Å². The number of aliphatic hydroxyl groups is 1. The van der Waals surface area contributed by atoms with E-state index < -0.39 is 17.5 Å². The first-order valence-electron chi connectivity index (χ1n) is 5.47. The molecular formula is C14H11F3O. The normalized spacial score (nSPS) is 10.7. The number of aliphatic hydroxyl groups excluding tert-OH is 1. The summed E-state index contributed by atoms with van der Waals surface area (Å²) < 4.78 is 40.4. The lowest BCUT2D eigenvalue weighted by Crippen LogP contribution is -1.96. The summed E-state index contributed by atoms with van der Waals surface area (Å²) in [6.07, 6.45) is 0.338. The van der Waals surface area contributed by atoms with Crippen LogP contribution in [0.5, 0.6) is 0 Å². The van der Waals surface area contributed by atoms with Crippen LogP contribution in [0.1, 0.15) is 5.56 Å². The molecule has 0 amide bonds. The van der Waals surface area contributed by atoms with Gasteiger partial charge in [0.25, 0.3) is 0 Å². The highest BCUT2D eigenvalue weighted by Gasteiger charge is 2.13. The fraction of sp³-hybridized carbons (Fsp3) is 0.143. The molecule has 1 N–H and O–H groups in total. The molecule has 0 fully saturated rings. The average Bonchev–Trinajstić information content (AvgIpc) is 2.36. The van der Waals surface area contributed by atoms with E-state index in [2.05, 4.69) is 0 Å². The molecule has 2 rings (SSSR count). The summed E-state index contributed by atoms with van der Waals surface area (Å²) in [6.45, 7) is -0.0866. The Kier molecular flexibility index (Phi) is 3.67. The largest absolute Gasteiger partial charge is 0.396 e. The summed E-state index contributed by atoms with van der Waals surface area (Å²) in [4.78, 5) is 0. The summed E-state index contributed by atoms with van der Waals surface area (Å²) in [7, 11) is 0. The zero-order valence-electron chi connectivity index (χ0n) is 9.46. The minimum atomic E-state index is -1.07. The Hall–Kier alpha value is -1.81. The summed E-state index contributed by atoms with van der Waals surface area (Å²) >= 11 is 0. The van der Waals surface area contributed by atoms with Crippen molar-refractivity contribution >= 4 is 0 Å². The lowest BCUT2D eigenvalue weighted by molar-refractivity contribution is 0.299. The molecule has 0 atom stereocenters. The Morgan fingerprint density at radius 1 is 0.889 bits per heavy atom. The van der Waals surface area contributed by atoms with Gasteiger partial charge in [0, 0.05) is 17.7 Å². The van der Waals surface area contributed by atoms with Crippen molar-refractivity contribution in [3.63, 3.8) is 0 Å². The third-order valence-electron chi connectivity index (χ3n) is 2.67. The van der Waals surface area contributed by atoms with Crippen LogP contribution in [0.3, 0.4) is 0 Å². The predicted molar refractivity (Wildman–Crippen MR) is 62.5 cm³/mol. The van der Waals surface area contributed by atoms with Gasteiger partial charge in [0.05, 0.1) is 0 Å². The fourth-order valence-corrected chi connectivity index (χ4v) is 1.78. The lowest BCUT2D eigenvalue weighted by Gasteiger charge is -2.08. The number of rotatable bonds is 3. The second-order valence-corrected chi connectivity index (χ2v) is 3.89. The molecule has 4 heteroatoms. The van der Waals surface area contributed by atoms with Gasteiger partial charge in [0.2, 0.25) is 0 Å². The number of benzene rings is 2. The van der Waals surface area contributed by atoms with Crippen LogP contribution in [0, 0.1) is 17.5 Å². The van der Waals surface area contributed by atoms with Crippen LogP contribution in [0.4, 0.5) is 13.2 Å². The van der Waals surface area contributed by atoms with Gasteiger partial charge in [-0.25, -0.2) is 13.2 Å². The molecule has 0 aliphatic heterocycles. The summed E-state index contributed by atoms with van der Waals surface area (Å²) in [5.74, 6) is -2.71. The average molecular weight is 252 g/mol. The minimum Gasteiger partial charge on any atom is -0.396 e. The molecule has 1 nitrogen and oxygen atoms in total. The molecule has 2 aromatic carbocycles. The molecule has 0 radical (unpaired) electrons. The summed E-state index contributed by atoms with van der Waals surface area (Å²) in [6, 6.07) is 7.74. The first-order valence-corrected chi connectivity index (χ1v) is 5.47. The first-order chi connectivity index (χ1) is 8.63. The van der Waals surface area contributed by atoms with Gasteiger partial charge in [-0.05, 0) is 30.2 Å². The van der Waals surface area contributed by atoms with Crippen molar-refractivity contribution in [1.29, 1.82) is 0 Å². The Balaban J connectivity index is 2.55. The van der Waals surface area contributed by atoms with Crippen LogP contribution >= 0.6 is 0 Å². The Bertz CT molecular complexity index is 567. The molecular weight excluding hydrogens is 241 g/mol. The molecule has 0 aliphatic rings. The van der Waals surface area contributed by atoms with Gasteiger partial charge in [0.15, 0.2) is 11.6 Å². The highest BCUT2D eigenvalue weighted by molar-refractivity contribution is 5.65. The Labute approximate surface area is 103 Å². The van der Waals surface area contributed by atoms with E-state index in [-0.39, 0.29) is 17.7 Å². The van der Waals surface area contributed by atoms with Crippen molar-refractivity contribution in [3.8, 4) is 11.1 Å². The molecule has 2 aromatic rings. The number of hydrogen-bond acceptors (Lipinski definition) is 1. The lowest BCUT2D eigenvalue weighted by atomic mass is 10.0. The van der Waals surface area contributed by atoms with Crippen molar-refractivity contribution in [2.24, 2.45) is 0 Å². The Morgan fingerprint density at radius 3 is 2.39 bits per heavy atom. The van der Waals surface area contributed by atoms with Gasteiger partial charge in [-0.2, -0.15) is 0 Å². The molecule has 0 saturated heterocycles. The maximum atomic E-state index is 13.7. The minimum absolute atomic E-state index is 0.00190. The topological polar surface area (TPSA) is 20.2 Å². The maximum Gasteiger partial charge on any atom is 0.166 e. The van der Waals surface area contributed by atoms with E-state index in [9.17, 15) is 13.2 Å². The van der Waals surface area contributed by atoms with E-state index in [0.717, 1.165) is 6.07 Å². The molecule has 0 heterocycles. The van der Waals surface area contributed by atoms with Gasteiger partial charge < -0.3 is 5.11 Å². The van der Waals surface area contributed by atoms with Crippen LogP contribution in [0.2, 0.25) is 0 Å². The molecule has 0 saturated carbocycles. The molecule has 0 bridgehead atoms. The standard InChI is InChI=1S/C14H11F3O/c15-12-5-4-9(6-7-18)8-11(12)10-2-1-3-13(16)14(10)17/h1-5,8,18H,6-7H2. The van der Waals surface area contributed by atoms with Gasteiger partial charge in [-0.1, -0.05) is 18.2 Å². The summed E-state index contributed by atoms with van der Waals surface area (Å²) in [5.41, 5.74) is 0.544. The van der Waals surface area contributed by atoms with Crippen molar-refractivity contribution in [3.05, 3.63) is 59.4 Å². The van der Waals surface area contributed by atoms with E-state index in [1.165, 1.54) is 30.3 Å². The number of halogens is 3. The van der Waals surface area contributed by atoms with Gasteiger partial charge in [-0.3, -0.25) is 0 Å². The van der Waals surface area contributed by atoms with Crippen molar-refractivity contribution in [2.45, 2.75) is 6.42 Å². The van der Waals surface area contributed by atoms with E-state index in [1.54, 1.807) is 0 Å². The van der Waals surface area contributed by atoms with Crippen molar-refractivity contribution < 1.29 is 18.3 Å². The second-order valence-electron chi connectivity index (χ2n) is 3.89. The Morgan fingerprint density at radius 2 is 1.67 bits per heavy atom. The molecule has 0 spiro atoms. The molecule has 0 aromatic heterocycles. The van der Waals surface area contributed by atoms with Gasteiger partial charge in [-0.15, -0.1) is 0 Å². The van der Waals surface area contributed by atoms with E-state index in [0.29, 0.717) is 12.0 Å². The molecule has 18 heavy (non-hydrogen) atoms. The van der Waals surface area contributed by atoms with Crippen LogP contribution < -0.4 is 0 Å². The van der Waals surface area contributed by atoms with Crippen LogP contribution in [-0.2, 0) is 6.42 Å². The van der Waals surface area contributed by atoms with E-state index in [1.807, 2.05) is 0 Å². The van der Waals surface area contributed by atoms with E-state index >= 15 is 0 Å². The second kappa shape index (κ2) is 5.23.